The maximum Gasteiger partial charge on any atom is 0.137 e. The molecule has 0 aliphatic rings. The molecule has 0 unspecified atom stereocenters. The van der Waals surface area contributed by atoms with Gasteiger partial charge in [-0.25, -0.2) is 9.97 Å². The van der Waals surface area contributed by atoms with Gasteiger partial charge in [-0.3, -0.25) is 0 Å². The molecule has 15 heavy (non-hydrogen) atoms. The summed E-state index contributed by atoms with van der Waals surface area (Å²) in [5.41, 5.74) is 1.18. The van der Waals surface area contributed by atoms with Gasteiger partial charge in [-0.05, 0) is 20.3 Å². The Bertz CT molecular complexity index is 322. The van der Waals surface area contributed by atoms with E-state index in [2.05, 4.69) is 48.0 Å². The van der Waals surface area contributed by atoms with Crippen LogP contribution in [0.5, 0.6) is 0 Å². The summed E-state index contributed by atoms with van der Waals surface area (Å²) in [6.07, 6.45) is 2.54. The summed E-state index contributed by atoms with van der Waals surface area (Å²) in [7, 11) is 3.95. The molecule has 84 valence electrons. The van der Waals surface area contributed by atoms with E-state index in [-0.39, 0.29) is 0 Å². The molecule has 4 nitrogen and oxygen atoms in total. The SMILES string of the molecule is CCc1c(NC)ncnc1N(C)C(C)C. The number of nitrogens with one attached hydrogen (secondary N) is 1. The molecule has 0 spiro atoms. The predicted octanol–water partition coefficient (Wildman–Crippen LogP) is 1.93. The highest BCUT2D eigenvalue weighted by Gasteiger charge is 2.14. The first-order valence-corrected chi connectivity index (χ1v) is 5.36. The molecule has 4 heteroatoms. The number of hydrogen-bond donors (Lipinski definition) is 1. The van der Waals surface area contributed by atoms with Crippen LogP contribution in [0.1, 0.15) is 26.3 Å². The third-order valence-electron chi connectivity index (χ3n) is 2.62. The Morgan fingerprint density at radius 2 is 2.07 bits per heavy atom. The molecule has 0 saturated carbocycles. The standard InChI is InChI=1S/C11H20N4/c1-6-9-10(12-4)13-7-14-11(9)15(5)8(2)3/h7-8H,6H2,1-5H3,(H,12,13,14). The van der Waals surface area contributed by atoms with E-state index in [1.54, 1.807) is 6.33 Å². The summed E-state index contributed by atoms with van der Waals surface area (Å²) in [6.45, 7) is 6.43. The van der Waals surface area contributed by atoms with Gasteiger partial charge in [-0.1, -0.05) is 6.92 Å². The second kappa shape index (κ2) is 4.96. The highest BCUT2D eigenvalue weighted by Crippen LogP contribution is 2.23. The van der Waals surface area contributed by atoms with Crippen LogP contribution >= 0.6 is 0 Å². The highest BCUT2D eigenvalue weighted by atomic mass is 15.2. The van der Waals surface area contributed by atoms with Gasteiger partial charge < -0.3 is 10.2 Å². The van der Waals surface area contributed by atoms with Crippen molar-refractivity contribution in [2.45, 2.75) is 33.2 Å². The van der Waals surface area contributed by atoms with E-state index < -0.39 is 0 Å². The fourth-order valence-corrected chi connectivity index (χ4v) is 1.49. The van der Waals surface area contributed by atoms with Crippen molar-refractivity contribution in [3.05, 3.63) is 11.9 Å². The molecule has 0 bridgehead atoms. The molecule has 1 rings (SSSR count). The number of aromatic nitrogens is 2. The van der Waals surface area contributed by atoms with Crippen molar-refractivity contribution >= 4 is 11.6 Å². The maximum atomic E-state index is 4.35. The first-order valence-electron chi connectivity index (χ1n) is 5.36. The summed E-state index contributed by atoms with van der Waals surface area (Å²) in [6, 6.07) is 0.440. The van der Waals surface area contributed by atoms with Gasteiger partial charge in [0.2, 0.25) is 0 Å². The minimum Gasteiger partial charge on any atom is -0.373 e. The van der Waals surface area contributed by atoms with E-state index in [4.69, 9.17) is 0 Å². The lowest BCUT2D eigenvalue weighted by Gasteiger charge is -2.25. The maximum absolute atomic E-state index is 4.35. The van der Waals surface area contributed by atoms with E-state index in [1.807, 2.05) is 7.05 Å². The molecule has 0 aliphatic carbocycles. The van der Waals surface area contributed by atoms with E-state index in [9.17, 15) is 0 Å². The van der Waals surface area contributed by atoms with Gasteiger partial charge in [0.25, 0.3) is 0 Å². The summed E-state index contributed by atoms with van der Waals surface area (Å²) >= 11 is 0. The van der Waals surface area contributed by atoms with Crippen molar-refractivity contribution < 1.29 is 0 Å². The molecule has 0 amide bonds. The lowest BCUT2D eigenvalue weighted by molar-refractivity contribution is 0.735. The van der Waals surface area contributed by atoms with Crippen LogP contribution in [0.15, 0.2) is 6.33 Å². The number of hydrogen-bond acceptors (Lipinski definition) is 4. The van der Waals surface area contributed by atoms with Gasteiger partial charge in [0, 0.05) is 25.7 Å². The molecule has 0 saturated heterocycles. The van der Waals surface area contributed by atoms with E-state index >= 15 is 0 Å². The van der Waals surface area contributed by atoms with Gasteiger partial charge in [0.1, 0.15) is 18.0 Å². The Labute approximate surface area is 91.7 Å². The third kappa shape index (κ3) is 2.37. The lowest BCUT2D eigenvalue weighted by atomic mass is 10.2. The third-order valence-corrected chi connectivity index (χ3v) is 2.62. The first kappa shape index (κ1) is 11.8. The predicted molar refractivity (Wildman–Crippen MR) is 64.5 cm³/mol. The molecule has 0 radical (unpaired) electrons. The lowest BCUT2D eigenvalue weighted by Crippen LogP contribution is -2.28. The average molecular weight is 208 g/mol. The summed E-state index contributed by atoms with van der Waals surface area (Å²) in [5, 5.41) is 3.10. The minimum absolute atomic E-state index is 0.440. The van der Waals surface area contributed by atoms with Gasteiger partial charge in [0.15, 0.2) is 0 Å². The van der Waals surface area contributed by atoms with Crippen molar-refractivity contribution in [3.63, 3.8) is 0 Å². The molecular weight excluding hydrogens is 188 g/mol. The van der Waals surface area contributed by atoms with Crippen LogP contribution in [0.3, 0.4) is 0 Å². The fraction of sp³-hybridized carbons (Fsp3) is 0.636. The Kier molecular flexibility index (Phi) is 3.88. The van der Waals surface area contributed by atoms with Gasteiger partial charge in [0.05, 0.1) is 0 Å². The Morgan fingerprint density at radius 1 is 1.40 bits per heavy atom. The monoisotopic (exact) mass is 208 g/mol. The second-order valence-corrected chi connectivity index (χ2v) is 3.83. The molecule has 1 heterocycles. The molecule has 0 aliphatic heterocycles. The normalized spacial score (nSPS) is 10.5. The van der Waals surface area contributed by atoms with Crippen molar-refractivity contribution in [3.8, 4) is 0 Å². The van der Waals surface area contributed by atoms with Crippen LogP contribution in [-0.2, 0) is 6.42 Å². The van der Waals surface area contributed by atoms with Gasteiger partial charge in [-0.2, -0.15) is 0 Å². The topological polar surface area (TPSA) is 41.1 Å². The minimum atomic E-state index is 0.440. The van der Waals surface area contributed by atoms with E-state index in [0.717, 1.165) is 18.1 Å². The largest absolute Gasteiger partial charge is 0.373 e. The van der Waals surface area contributed by atoms with Crippen LogP contribution < -0.4 is 10.2 Å². The smallest absolute Gasteiger partial charge is 0.137 e. The van der Waals surface area contributed by atoms with Crippen molar-refractivity contribution in [2.24, 2.45) is 0 Å². The Hall–Kier alpha value is -1.32. The average Bonchev–Trinajstić information content (AvgIpc) is 2.26. The van der Waals surface area contributed by atoms with Crippen molar-refractivity contribution in [1.29, 1.82) is 0 Å². The number of anilines is 2. The molecule has 0 aromatic carbocycles. The molecule has 0 fully saturated rings. The zero-order chi connectivity index (χ0) is 11.4. The molecule has 1 aromatic rings. The van der Waals surface area contributed by atoms with Crippen LogP contribution in [0.25, 0.3) is 0 Å². The quantitative estimate of drug-likeness (QED) is 0.821. The Morgan fingerprint density at radius 3 is 2.53 bits per heavy atom. The van der Waals surface area contributed by atoms with Crippen LogP contribution in [0, 0.1) is 0 Å². The fourth-order valence-electron chi connectivity index (χ4n) is 1.49. The van der Waals surface area contributed by atoms with Gasteiger partial charge >= 0.3 is 0 Å². The van der Waals surface area contributed by atoms with Crippen LogP contribution in [0.4, 0.5) is 11.6 Å². The van der Waals surface area contributed by atoms with Crippen molar-refractivity contribution in [2.75, 3.05) is 24.3 Å². The van der Waals surface area contributed by atoms with Crippen LogP contribution in [0.2, 0.25) is 0 Å². The highest BCUT2D eigenvalue weighted by molar-refractivity contribution is 5.58. The van der Waals surface area contributed by atoms with Crippen LogP contribution in [-0.4, -0.2) is 30.1 Å². The summed E-state index contributed by atoms with van der Waals surface area (Å²) < 4.78 is 0. The second-order valence-electron chi connectivity index (χ2n) is 3.83. The zero-order valence-corrected chi connectivity index (χ0v) is 10.2. The zero-order valence-electron chi connectivity index (χ0n) is 10.2. The molecule has 0 atom stereocenters. The molecular formula is C11H20N4. The molecule has 1 N–H and O–H groups in total. The van der Waals surface area contributed by atoms with Gasteiger partial charge in [-0.15, -0.1) is 0 Å². The first-order chi connectivity index (χ1) is 7.11. The van der Waals surface area contributed by atoms with E-state index in [0.29, 0.717) is 6.04 Å². The summed E-state index contributed by atoms with van der Waals surface area (Å²) in [5.74, 6) is 1.95. The molecule has 1 aromatic heterocycles. The Balaban J connectivity index is 3.16. The van der Waals surface area contributed by atoms with Crippen molar-refractivity contribution in [1.82, 2.24) is 9.97 Å². The number of rotatable bonds is 4. The van der Waals surface area contributed by atoms with E-state index in [1.165, 1.54) is 5.56 Å². The summed E-state index contributed by atoms with van der Waals surface area (Å²) in [4.78, 5) is 10.7. The number of nitrogens with zero attached hydrogens (tertiary/aromatic N) is 3.